The van der Waals surface area contributed by atoms with Crippen LogP contribution in [0.5, 0.6) is 0 Å². The van der Waals surface area contributed by atoms with Crippen LogP contribution >= 0.6 is 15.9 Å². The summed E-state index contributed by atoms with van der Waals surface area (Å²) in [5.74, 6) is 1.95. The van der Waals surface area contributed by atoms with E-state index in [0.29, 0.717) is 0 Å². The van der Waals surface area contributed by atoms with Gasteiger partial charge in [-0.2, -0.15) is 0 Å². The SMILES string of the molecule is CN1CCC[C@H]2CN(c3ccc(Br)cn3)CC[C@@H]21. The molecular formula is C14H20BrN3. The lowest BCUT2D eigenvalue weighted by atomic mass is 9.84. The van der Waals surface area contributed by atoms with Crippen molar-refractivity contribution in [2.24, 2.45) is 5.92 Å². The Labute approximate surface area is 117 Å². The molecule has 3 rings (SSSR count). The fourth-order valence-corrected chi connectivity index (χ4v) is 3.65. The van der Waals surface area contributed by atoms with Crippen LogP contribution in [0.15, 0.2) is 22.8 Å². The summed E-state index contributed by atoms with van der Waals surface area (Å²) in [6, 6.07) is 5.00. The van der Waals surface area contributed by atoms with Gasteiger partial charge in [0.2, 0.25) is 0 Å². The van der Waals surface area contributed by atoms with E-state index < -0.39 is 0 Å². The molecule has 0 spiro atoms. The maximum atomic E-state index is 4.52. The van der Waals surface area contributed by atoms with E-state index >= 15 is 0 Å². The third kappa shape index (κ3) is 2.41. The lowest BCUT2D eigenvalue weighted by Crippen LogP contribution is -2.52. The Balaban J connectivity index is 1.72. The third-order valence-electron chi connectivity index (χ3n) is 4.38. The van der Waals surface area contributed by atoms with Crippen molar-refractivity contribution in [2.45, 2.75) is 25.3 Å². The number of nitrogens with zero attached hydrogens (tertiary/aromatic N) is 3. The van der Waals surface area contributed by atoms with Gasteiger partial charge in [0.1, 0.15) is 5.82 Å². The lowest BCUT2D eigenvalue weighted by Gasteiger charge is -2.46. The van der Waals surface area contributed by atoms with Gasteiger partial charge in [-0.1, -0.05) is 0 Å². The smallest absolute Gasteiger partial charge is 0.128 e. The van der Waals surface area contributed by atoms with Gasteiger partial charge in [-0.15, -0.1) is 0 Å². The van der Waals surface area contributed by atoms with E-state index in [1.807, 2.05) is 6.20 Å². The van der Waals surface area contributed by atoms with Gasteiger partial charge in [0.25, 0.3) is 0 Å². The highest BCUT2D eigenvalue weighted by Gasteiger charge is 2.34. The molecule has 4 heteroatoms. The van der Waals surface area contributed by atoms with Gasteiger partial charge < -0.3 is 9.80 Å². The standard InChI is InChI=1S/C14H20BrN3/c1-17-7-2-3-11-10-18(8-6-13(11)17)14-5-4-12(15)9-16-14/h4-5,9,11,13H,2-3,6-8,10H2,1H3/t11-,13-/m0/s1. The maximum absolute atomic E-state index is 4.52. The van der Waals surface area contributed by atoms with E-state index in [9.17, 15) is 0 Å². The number of pyridine rings is 1. The molecule has 3 nitrogen and oxygen atoms in total. The second kappa shape index (κ2) is 5.17. The molecule has 2 fully saturated rings. The average molecular weight is 310 g/mol. The molecule has 0 bridgehead atoms. The summed E-state index contributed by atoms with van der Waals surface area (Å²) < 4.78 is 1.05. The summed E-state index contributed by atoms with van der Waals surface area (Å²) >= 11 is 3.45. The van der Waals surface area contributed by atoms with Crippen molar-refractivity contribution in [1.29, 1.82) is 0 Å². The van der Waals surface area contributed by atoms with E-state index in [1.165, 1.54) is 32.4 Å². The summed E-state index contributed by atoms with van der Waals surface area (Å²) in [5, 5.41) is 0. The third-order valence-corrected chi connectivity index (χ3v) is 4.85. The second-order valence-corrected chi connectivity index (χ2v) is 6.44. The molecule has 0 unspecified atom stereocenters. The molecule has 0 amide bonds. The first-order chi connectivity index (χ1) is 8.74. The molecule has 18 heavy (non-hydrogen) atoms. The molecule has 3 heterocycles. The van der Waals surface area contributed by atoms with Crippen molar-refractivity contribution < 1.29 is 0 Å². The monoisotopic (exact) mass is 309 g/mol. The molecular weight excluding hydrogens is 290 g/mol. The van der Waals surface area contributed by atoms with Crippen LogP contribution in [0.1, 0.15) is 19.3 Å². The van der Waals surface area contributed by atoms with E-state index in [4.69, 9.17) is 0 Å². The topological polar surface area (TPSA) is 19.4 Å². The van der Waals surface area contributed by atoms with Crippen molar-refractivity contribution >= 4 is 21.7 Å². The fourth-order valence-electron chi connectivity index (χ4n) is 3.42. The Morgan fingerprint density at radius 3 is 2.94 bits per heavy atom. The van der Waals surface area contributed by atoms with E-state index in [1.54, 1.807) is 0 Å². The zero-order chi connectivity index (χ0) is 12.5. The van der Waals surface area contributed by atoms with Crippen molar-refractivity contribution in [3.63, 3.8) is 0 Å². The zero-order valence-electron chi connectivity index (χ0n) is 10.8. The first-order valence-corrected chi connectivity index (χ1v) is 7.60. The van der Waals surface area contributed by atoms with Crippen LogP contribution in [0.2, 0.25) is 0 Å². The number of rotatable bonds is 1. The predicted octanol–water partition coefficient (Wildman–Crippen LogP) is 2.76. The molecule has 0 N–H and O–H groups in total. The number of hydrogen-bond acceptors (Lipinski definition) is 3. The minimum absolute atomic E-state index is 0.797. The van der Waals surface area contributed by atoms with Gasteiger partial charge in [-0.3, -0.25) is 0 Å². The minimum atomic E-state index is 0.797. The van der Waals surface area contributed by atoms with Crippen LogP contribution in [-0.4, -0.2) is 42.6 Å². The van der Waals surface area contributed by atoms with E-state index in [2.05, 4.69) is 49.9 Å². The van der Waals surface area contributed by atoms with Crippen molar-refractivity contribution in [1.82, 2.24) is 9.88 Å². The number of piperidine rings is 2. The number of hydrogen-bond donors (Lipinski definition) is 0. The van der Waals surface area contributed by atoms with Crippen LogP contribution in [0.3, 0.4) is 0 Å². The van der Waals surface area contributed by atoms with Gasteiger partial charge in [-0.05, 0) is 66.8 Å². The van der Waals surface area contributed by atoms with E-state index in [-0.39, 0.29) is 0 Å². The van der Waals surface area contributed by atoms with Crippen LogP contribution in [0, 0.1) is 5.92 Å². The minimum Gasteiger partial charge on any atom is -0.356 e. The number of likely N-dealkylation sites (tertiary alicyclic amines) is 1. The summed E-state index contributed by atoms with van der Waals surface area (Å²) in [4.78, 5) is 9.53. The highest BCUT2D eigenvalue weighted by Crippen LogP contribution is 2.31. The summed E-state index contributed by atoms with van der Waals surface area (Å²) in [5.41, 5.74) is 0. The molecule has 2 aliphatic rings. The van der Waals surface area contributed by atoms with Crippen molar-refractivity contribution in [3.05, 3.63) is 22.8 Å². The molecule has 1 aromatic heterocycles. The molecule has 0 saturated carbocycles. The number of aromatic nitrogens is 1. The average Bonchev–Trinajstić information content (AvgIpc) is 2.39. The fraction of sp³-hybridized carbons (Fsp3) is 0.643. The van der Waals surface area contributed by atoms with Crippen LogP contribution < -0.4 is 4.90 Å². The van der Waals surface area contributed by atoms with Gasteiger partial charge >= 0.3 is 0 Å². The van der Waals surface area contributed by atoms with Crippen LogP contribution in [0.25, 0.3) is 0 Å². The molecule has 1 aromatic rings. The van der Waals surface area contributed by atoms with Crippen LogP contribution in [-0.2, 0) is 0 Å². The number of anilines is 1. The molecule has 98 valence electrons. The molecule has 2 aliphatic heterocycles. The Morgan fingerprint density at radius 2 is 2.17 bits per heavy atom. The summed E-state index contributed by atoms with van der Waals surface area (Å²) in [6.07, 6.45) is 5.90. The second-order valence-electron chi connectivity index (χ2n) is 5.52. The largest absolute Gasteiger partial charge is 0.356 e. The van der Waals surface area contributed by atoms with Crippen LogP contribution in [0.4, 0.5) is 5.82 Å². The molecule has 2 saturated heterocycles. The Hall–Kier alpha value is -0.610. The Morgan fingerprint density at radius 1 is 1.28 bits per heavy atom. The highest BCUT2D eigenvalue weighted by molar-refractivity contribution is 9.10. The van der Waals surface area contributed by atoms with E-state index in [0.717, 1.165) is 28.8 Å². The zero-order valence-corrected chi connectivity index (χ0v) is 12.4. The first-order valence-electron chi connectivity index (χ1n) is 6.81. The predicted molar refractivity (Wildman–Crippen MR) is 77.9 cm³/mol. The normalized spacial score (nSPS) is 29.1. The van der Waals surface area contributed by atoms with Crippen molar-refractivity contribution in [3.8, 4) is 0 Å². The first kappa shape index (κ1) is 12.4. The summed E-state index contributed by atoms with van der Waals surface area (Å²) in [6.45, 7) is 3.58. The molecule has 0 radical (unpaired) electrons. The Kier molecular flexibility index (Phi) is 3.57. The van der Waals surface area contributed by atoms with Gasteiger partial charge in [0.15, 0.2) is 0 Å². The quantitative estimate of drug-likeness (QED) is 0.795. The lowest BCUT2D eigenvalue weighted by molar-refractivity contribution is 0.102. The van der Waals surface area contributed by atoms with Gasteiger partial charge in [0.05, 0.1) is 0 Å². The number of halogens is 1. The molecule has 0 aliphatic carbocycles. The molecule has 0 aromatic carbocycles. The van der Waals surface area contributed by atoms with Gasteiger partial charge in [0, 0.05) is 29.8 Å². The molecule has 2 atom stereocenters. The highest BCUT2D eigenvalue weighted by atomic mass is 79.9. The summed E-state index contributed by atoms with van der Waals surface area (Å²) in [7, 11) is 2.28. The van der Waals surface area contributed by atoms with Crippen molar-refractivity contribution in [2.75, 3.05) is 31.6 Å². The number of fused-ring (bicyclic) bond motifs is 1. The Bertz CT molecular complexity index is 406. The maximum Gasteiger partial charge on any atom is 0.128 e. The van der Waals surface area contributed by atoms with Gasteiger partial charge in [-0.25, -0.2) is 4.98 Å².